The van der Waals surface area contributed by atoms with Crippen LogP contribution in [0.1, 0.15) is 20.8 Å². The minimum atomic E-state index is -2.78. The highest BCUT2D eigenvalue weighted by Crippen LogP contribution is 2.32. The van der Waals surface area contributed by atoms with E-state index < -0.39 is 11.5 Å². The van der Waals surface area contributed by atoms with Gasteiger partial charge in [0.05, 0.1) is 0 Å². The molecule has 4 heteroatoms. The summed E-state index contributed by atoms with van der Waals surface area (Å²) in [6, 6.07) is 0. The van der Waals surface area contributed by atoms with Crippen molar-refractivity contribution < 1.29 is 11.8 Å². The van der Waals surface area contributed by atoms with E-state index in [2.05, 4.69) is 3.07 Å². The second kappa shape index (κ2) is 2.65. The number of alkyl halides is 2. The second-order valence-corrected chi connectivity index (χ2v) is 2.92. The van der Waals surface area contributed by atoms with Gasteiger partial charge in [0.25, 0.3) is 5.92 Å². The van der Waals surface area contributed by atoms with Gasteiger partial charge in [-0.2, -0.15) is 0 Å². The normalized spacial score (nSPS) is 14.0. The van der Waals surface area contributed by atoms with Crippen molar-refractivity contribution in [3.63, 3.8) is 0 Å². The molecule has 0 radical (unpaired) electrons. The summed E-state index contributed by atoms with van der Waals surface area (Å²) < 4.78 is 29.3. The molecule has 0 fully saturated rings. The van der Waals surface area contributed by atoms with Crippen LogP contribution in [0.15, 0.2) is 0 Å². The van der Waals surface area contributed by atoms with Crippen LogP contribution in [0, 0.1) is 0 Å². The zero-order valence-electron chi connectivity index (χ0n) is 5.54. The van der Waals surface area contributed by atoms with E-state index >= 15 is 0 Å². The summed E-state index contributed by atoms with van der Waals surface area (Å²) in [6.07, 6.45) is 0. The summed E-state index contributed by atoms with van der Waals surface area (Å²) in [5.41, 5.74) is -1.37. The molecule has 0 aromatic heterocycles. The van der Waals surface area contributed by atoms with Crippen LogP contribution in [0.25, 0.3) is 0 Å². The number of hydrogen-bond donors (Lipinski definition) is 0. The van der Waals surface area contributed by atoms with Crippen LogP contribution in [-0.2, 0) is 3.07 Å². The van der Waals surface area contributed by atoms with Crippen LogP contribution in [0.2, 0.25) is 0 Å². The Labute approximate surface area is 67.5 Å². The van der Waals surface area contributed by atoms with E-state index in [1.807, 2.05) is 0 Å². The standard InChI is InChI=1S/C5H9F2IO/c1-4(2,9-8)5(3,6)7/h1-3H3. The first-order valence-corrected chi connectivity index (χ1v) is 3.37. The Hall–Kier alpha value is 0.550. The highest BCUT2D eigenvalue weighted by atomic mass is 127. The molecule has 0 aromatic rings. The van der Waals surface area contributed by atoms with Crippen molar-refractivity contribution in [3.05, 3.63) is 0 Å². The van der Waals surface area contributed by atoms with E-state index in [4.69, 9.17) is 0 Å². The maximum atomic E-state index is 12.4. The van der Waals surface area contributed by atoms with Crippen molar-refractivity contribution in [2.24, 2.45) is 0 Å². The highest BCUT2D eigenvalue weighted by molar-refractivity contribution is 14.1. The molecule has 0 spiro atoms. The molecule has 0 N–H and O–H groups in total. The third-order valence-corrected chi connectivity index (χ3v) is 2.35. The van der Waals surface area contributed by atoms with Gasteiger partial charge in [-0.25, -0.2) is 8.78 Å². The Bertz CT molecular complexity index is 97.6. The lowest BCUT2D eigenvalue weighted by molar-refractivity contribution is -0.116. The Kier molecular flexibility index (Phi) is 2.82. The molecule has 0 unspecified atom stereocenters. The summed E-state index contributed by atoms with van der Waals surface area (Å²) in [5, 5.41) is 0. The van der Waals surface area contributed by atoms with E-state index in [9.17, 15) is 8.78 Å². The Balaban J connectivity index is 4.14. The zero-order chi connectivity index (χ0) is 7.71. The molecule has 0 rings (SSSR count). The summed E-state index contributed by atoms with van der Waals surface area (Å²) >= 11 is 1.48. The van der Waals surface area contributed by atoms with Crippen molar-refractivity contribution in [2.45, 2.75) is 32.3 Å². The summed E-state index contributed by atoms with van der Waals surface area (Å²) in [7, 11) is 0. The smallest absolute Gasteiger partial charge is 0.274 e. The van der Waals surface area contributed by atoms with Gasteiger partial charge in [-0.1, -0.05) is 0 Å². The summed E-state index contributed by atoms with van der Waals surface area (Å²) in [6.45, 7) is 3.53. The van der Waals surface area contributed by atoms with Crippen molar-refractivity contribution in [3.8, 4) is 0 Å². The van der Waals surface area contributed by atoms with Crippen LogP contribution < -0.4 is 0 Å². The minimum Gasteiger partial charge on any atom is -0.303 e. The van der Waals surface area contributed by atoms with Gasteiger partial charge in [-0.3, -0.25) is 0 Å². The molecule has 0 atom stereocenters. The van der Waals surface area contributed by atoms with Gasteiger partial charge < -0.3 is 3.07 Å². The van der Waals surface area contributed by atoms with Crippen molar-refractivity contribution in [2.75, 3.05) is 0 Å². The predicted octanol–water partition coefficient (Wildman–Crippen LogP) is 2.79. The SMILES string of the molecule is CC(F)(F)C(C)(C)OI. The van der Waals surface area contributed by atoms with E-state index in [0.29, 0.717) is 0 Å². The molecule has 56 valence electrons. The van der Waals surface area contributed by atoms with Gasteiger partial charge in [-0.05, 0) is 13.8 Å². The van der Waals surface area contributed by atoms with Gasteiger partial charge in [0, 0.05) is 6.92 Å². The topological polar surface area (TPSA) is 9.23 Å². The lowest BCUT2D eigenvalue weighted by atomic mass is 10.0. The maximum absolute atomic E-state index is 12.4. The molecule has 0 heterocycles. The van der Waals surface area contributed by atoms with Crippen LogP contribution in [0.4, 0.5) is 8.78 Å². The lowest BCUT2D eigenvalue weighted by Gasteiger charge is -2.27. The van der Waals surface area contributed by atoms with E-state index in [0.717, 1.165) is 6.92 Å². The molecular formula is C5H9F2IO. The number of hydrogen-bond acceptors (Lipinski definition) is 1. The molecule has 0 aromatic carbocycles. The van der Waals surface area contributed by atoms with E-state index in [1.165, 1.54) is 36.9 Å². The average Bonchev–Trinajstić information content (AvgIpc) is 1.64. The van der Waals surface area contributed by atoms with Gasteiger partial charge >= 0.3 is 0 Å². The molecule has 0 amide bonds. The fourth-order valence-electron chi connectivity index (χ4n) is 0.0677. The second-order valence-electron chi connectivity index (χ2n) is 2.48. The minimum absolute atomic E-state index is 0.839. The maximum Gasteiger partial charge on any atom is 0.274 e. The first kappa shape index (κ1) is 9.55. The largest absolute Gasteiger partial charge is 0.303 e. The molecule has 1 nitrogen and oxygen atoms in total. The van der Waals surface area contributed by atoms with Gasteiger partial charge in [0.15, 0.2) is 0 Å². The monoisotopic (exact) mass is 250 g/mol. The number of rotatable bonds is 2. The fraction of sp³-hybridized carbons (Fsp3) is 1.00. The molecule has 0 saturated carbocycles. The van der Waals surface area contributed by atoms with Crippen LogP contribution >= 0.6 is 23.0 Å². The fourth-order valence-corrected chi connectivity index (χ4v) is 0.454. The molecule has 0 bridgehead atoms. The third kappa shape index (κ3) is 2.33. The van der Waals surface area contributed by atoms with E-state index in [1.54, 1.807) is 0 Å². The van der Waals surface area contributed by atoms with Crippen LogP contribution in [0.3, 0.4) is 0 Å². The van der Waals surface area contributed by atoms with Crippen LogP contribution in [0.5, 0.6) is 0 Å². The average molecular weight is 250 g/mol. The first-order chi connectivity index (χ1) is 3.81. The molecule has 0 aliphatic heterocycles. The molecule has 0 aliphatic carbocycles. The molecule has 9 heavy (non-hydrogen) atoms. The van der Waals surface area contributed by atoms with E-state index in [-0.39, 0.29) is 0 Å². The summed E-state index contributed by atoms with van der Waals surface area (Å²) in [5.74, 6) is -2.78. The molecular weight excluding hydrogens is 241 g/mol. The van der Waals surface area contributed by atoms with Crippen molar-refractivity contribution in [1.82, 2.24) is 0 Å². The Morgan fingerprint density at radius 2 is 1.56 bits per heavy atom. The zero-order valence-corrected chi connectivity index (χ0v) is 7.70. The van der Waals surface area contributed by atoms with Gasteiger partial charge in [-0.15, -0.1) is 0 Å². The Morgan fingerprint density at radius 3 is 1.56 bits per heavy atom. The van der Waals surface area contributed by atoms with Gasteiger partial charge in [0.1, 0.15) is 28.6 Å². The third-order valence-electron chi connectivity index (χ3n) is 1.25. The molecule has 0 aliphatic rings. The molecule has 0 saturated heterocycles. The quantitative estimate of drug-likeness (QED) is 0.684. The van der Waals surface area contributed by atoms with Crippen LogP contribution in [-0.4, -0.2) is 11.5 Å². The lowest BCUT2D eigenvalue weighted by Crippen LogP contribution is -2.40. The predicted molar refractivity (Wildman–Crippen MR) is 39.8 cm³/mol. The van der Waals surface area contributed by atoms with Crippen molar-refractivity contribution >= 4 is 23.0 Å². The highest BCUT2D eigenvalue weighted by Gasteiger charge is 2.42. The number of halogens is 3. The summed E-state index contributed by atoms with van der Waals surface area (Å²) in [4.78, 5) is 0. The van der Waals surface area contributed by atoms with Crippen molar-refractivity contribution in [1.29, 1.82) is 0 Å². The van der Waals surface area contributed by atoms with Gasteiger partial charge in [0.2, 0.25) is 0 Å². The first-order valence-electron chi connectivity index (χ1n) is 2.49. The Morgan fingerprint density at radius 1 is 1.22 bits per heavy atom.